The van der Waals surface area contributed by atoms with Gasteiger partial charge in [-0.2, -0.15) is 0 Å². The molecule has 0 fully saturated rings. The van der Waals surface area contributed by atoms with E-state index in [0.717, 1.165) is 18.8 Å². The maximum atomic E-state index is 13.6. The number of rotatable bonds is 7. The third kappa shape index (κ3) is 5.14. The van der Waals surface area contributed by atoms with Gasteiger partial charge in [-0.15, -0.1) is 0 Å². The van der Waals surface area contributed by atoms with E-state index in [0.29, 0.717) is 11.3 Å². The van der Waals surface area contributed by atoms with Crippen LogP contribution in [0.3, 0.4) is 0 Å². The molecule has 0 aliphatic heterocycles. The van der Waals surface area contributed by atoms with Gasteiger partial charge in [0.1, 0.15) is 11.6 Å². The molecule has 0 aliphatic carbocycles. The highest BCUT2D eigenvalue weighted by Crippen LogP contribution is 2.12. The molecule has 26 heavy (non-hydrogen) atoms. The Morgan fingerprint density at radius 2 is 1.73 bits per heavy atom. The van der Waals surface area contributed by atoms with Gasteiger partial charge in [-0.3, -0.25) is 4.79 Å². The minimum absolute atomic E-state index is 0.0102. The standard InChI is InChI=1S/C21H20FN3O/c22-19-9-5-4-8-17(19)14-21(26)25-18-10-11-20(24-15-18)23-13-12-16-6-2-1-3-7-16/h1-11,15H,12-14H2,(H,23,24)(H,25,26). The fourth-order valence-corrected chi connectivity index (χ4v) is 2.57. The zero-order valence-corrected chi connectivity index (χ0v) is 14.3. The normalized spacial score (nSPS) is 10.3. The number of carbonyl (C=O) groups is 1. The molecule has 1 heterocycles. The van der Waals surface area contributed by atoms with Crippen LogP contribution in [0.25, 0.3) is 0 Å². The summed E-state index contributed by atoms with van der Waals surface area (Å²) in [6, 6.07) is 20.1. The molecule has 0 unspecified atom stereocenters. The van der Waals surface area contributed by atoms with Crippen molar-refractivity contribution in [1.82, 2.24) is 4.98 Å². The van der Waals surface area contributed by atoms with Crippen LogP contribution in [0, 0.1) is 5.82 Å². The van der Waals surface area contributed by atoms with E-state index in [1.165, 1.54) is 11.6 Å². The van der Waals surface area contributed by atoms with E-state index in [2.05, 4.69) is 27.8 Å². The summed E-state index contributed by atoms with van der Waals surface area (Å²) in [4.78, 5) is 16.3. The lowest BCUT2D eigenvalue weighted by molar-refractivity contribution is -0.115. The largest absolute Gasteiger partial charge is 0.370 e. The minimum atomic E-state index is -0.376. The highest BCUT2D eigenvalue weighted by atomic mass is 19.1. The van der Waals surface area contributed by atoms with Crippen LogP contribution in [-0.4, -0.2) is 17.4 Å². The van der Waals surface area contributed by atoms with Crippen LogP contribution in [0.4, 0.5) is 15.9 Å². The molecule has 0 bridgehead atoms. The zero-order chi connectivity index (χ0) is 18.2. The number of halogens is 1. The van der Waals surface area contributed by atoms with Gasteiger partial charge < -0.3 is 10.6 Å². The van der Waals surface area contributed by atoms with Crippen molar-refractivity contribution in [3.8, 4) is 0 Å². The van der Waals surface area contributed by atoms with Crippen molar-refractivity contribution < 1.29 is 9.18 Å². The number of hydrogen-bond acceptors (Lipinski definition) is 3. The fourth-order valence-electron chi connectivity index (χ4n) is 2.57. The summed E-state index contributed by atoms with van der Waals surface area (Å²) in [7, 11) is 0. The molecule has 1 aromatic heterocycles. The average molecular weight is 349 g/mol. The first kappa shape index (κ1) is 17.6. The summed E-state index contributed by atoms with van der Waals surface area (Å²) in [6.45, 7) is 0.774. The fraction of sp³-hybridized carbons (Fsp3) is 0.143. The molecular weight excluding hydrogens is 329 g/mol. The van der Waals surface area contributed by atoms with E-state index < -0.39 is 0 Å². The summed E-state index contributed by atoms with van der Waals surface area (Å²) in [5, 5.41) is 5.98. The molecule has 0 radical (unpaired) electrons. The summed E-state index contributed by atoms with van der Waals surface area (Å²) < 4.78 is 13.6. The summed E-state index contributed by atoms with van der Waals surface area (Å²) in [5.74, 6) is 0.0912. The van der Waals surface area contributed by atoms with Crippen molar-refractivity contribution in [2.45, 2.75) is 12.8 Å². The molecule has 3 aromatic rings. The van der Waals surface area contributed by atoms with Gasteiger partial charge in [0.05, 0.1) is 18.3 Å². The van der Waals surface area contributed by atoms with Gasteiger partial charge in [0, 0.05) is 6.54 Å². The Labute approximate surface area is 152 Å². The zero-order valence-electron chi connectivity index (χ0n) is 14.3. The van der Waals surface area contributed by atoms with Crippen LogP contribution in [-0.2, 0) is 17.6 Å². The molecule has 3 rings (SSSR count). The van der Waals surface area contributed by atoms with Crippen molar-refractivity contribution in [2.24, 2.45) is 0 Å². The van der Waals surface area contributed by atoms with Crippen molar-refractivity contribution in [1.29, 1.82) is 0 Å². The SMILES string of the molecule is O=C(Cc1ccccc1F)Nc1ccc(NCCc2ccccc2)nc1. The predicted octanol–water partition coefficient (Wildman–Crippen LogP) is 4.06. The average Bonchev–Trinajstić information content (AvgIpc) is 2.66. The molecule has 0 spiro atoms. The first-order valence-electron chi connectivity index (χ1n) is 8.48. The van der Waals surface area contributed by atoms with Crippen LogP contribution in [0.1, 0.15) is 11.1 Å². The molecule has 132 valence electrons. The number of anilines is 2. The van der Waals surface area contributed by atoms with Crippen molar-refractivity contribution in [3.63, 3.8) is 0 Å². The first-order chi connectivity index (χ1) is 12.7. The third-order valence-corrected chi connectivity index (χ3v) is 3.92. The highest BCUT2D eigenvalue weighted by molar-refractivity contribution is 5.92. The Balaban J connectivity index is 1.48. The van der Waals surface area contributed by atoms with E-state index >= 15 is 0 Å². The Hall–Kier alpha value is -3.21. The number of carbonyl (C=O) groups excluding carboxylic acids is 1. The quantitative estimate of drug-likeness (QED) is 0.676. The Morgan fingerprint density at radius 3 is 2.46 bits per heavy atom. The number of nitrogens with zero attached hydrogens (tertiary/aromatic N) is 1. The minimum Gasteiger partial charge on any atom is -0.370 e. The van der Waals surface area contributed by atoms with Gasteiger partial charge >= 0.3 is 0 Å². The molecule has 2 aromatic carbocycles. The van der Waals surface area contributed by atoms with Gasteiger partial charge in [0.2, 0.25) is 5.91 Å². The van der Waals surface area contributed by atoms with E-state index in [1.807, 2.05) is 24.3 Å². The number of aromatic nitrogens is 1. The summed E-state index contributed by atoms with van der Waals surface area (Å²) >= 11 is 0. The number of benzene rings is 2. The van der Waals surface area contributed by atoms with Crippen molar-refractivity contribution in [3.05, 3.63) is 89.9 Å². The maximum Gasteiger partial charge on any atom is 0.228 e. The lowest BCUT2D eigenvalue weighted by atomic mass is 10.1. The van der Waals surface area contributed by atoms with E-state index in [9.17, 15) is 9.18 Å². The molecule has 5 heteroatoms. The lowest BCUT2D eigenvalue weighted by Gasteiger charge is -2.08. The first-order valence-corrected chi connectivity index (χ1v) is 8.48. The number of pyridine rings is 1. The smallest absolute Gasteiger partial charge is 0.228 e. The monoisotopic (exact) mass is 349 g/mol. The topological polar surface area (TPSA) is 54.0 Å². The number of nitrogens with one attached hydrogen (secondary N) is 2. The molecule has 1 amide bonds. The van der Waals surface area contributed by atoms with Crippen LogP contribution in [0.5, 0.6) is 0 Å². The predicted molar refractivity (Wildman–Crippen MR) is 102 cm³/mol. The Morgan fingerprint density at radius 1 is 0.962 bits per heavy atom. The molecule has 0 saturated heterocycles. The molecule has 0 saturated carbocycles. The highest BCUT2D eigenvalue weighted by Gasteiger charge is 2.08. The molecular formula is C21H20FN3O. The maximum absolute atomic E-state index is 13.6. The van der Waals surface area contributed by atoms with Crippen LogP contribution < -0.4 is 10.6 Å². The Kier molecular flexibility index (Phi) is 5.93. The molecule has 4 nitrogen and oxygen atoms in total. The number of amides is 1. The second-order valence-corrected chi connectivity index (χ2v) is 5.91. The van der Waals surface area contributed by atoms with Gasteiger partial charge in [-0.05, 0) is 35.7 Å². The summed E-state index contributed by atoms with van der Waals surface area (Å²) in [5.41, 5.74) is 2.22. The van der Waals surface area contributed by atoms with Crippen LogP contribution in [0.2, 0.25) is 0 Å². The molecule has 0 atom stereocenters. The van der Waals surface area contributed by atoms with Gasteiger partial charge in [0.25, 0.3) is 0 Å². The second-order valence-electron chi connectivity index (χ2n) is 5.91. The molecule has 2 N–H and O–H groups in total. The number of hydrogen-bond donors (Lipinski definition) is 2. The van der Waals surface area contributed by atoms with Gasteiger partial charge in [0.15, 0.2) is 0 Å². The Bertz CT molecular complexity index is 851. The molecule has 0 aliphatic rings. The van der Waals surface area contributed by atoms with Crippen LogP contribution in [0.15, 0.2) is 72.9 Å². The van der Waals surface area contributed by atoms with Gasteiger partial charge in [-0.1, -0.05) is 48.5 Å². The second kappa shape index (κ2) is 8.76. The van der Waals surface area contributed by atoms with E-state index in [4.69, 9.17) is 0 Å². The van der Waals surface area contributed by atoms with Crippen molar-refractivity contribution >= 4 is 17.4 Å². The van der Waals surface area contributed by atoms with Crippen LogP contribution >= 0.6 is 0 Å². The van der Waals surface area contributed by atoms with E-state index in [1.54, 1.807) is 30.5 Å². The van der Waals surface area contributed by atoms with Crippen molar-refractivity contribution in [2.75, 3.05) is 17.2 Å². The lowest BCUT2D eigenvalue weighted by Crippen LogP contribution is -2.15. The van der Waals surface area contributed by atoms with E-state index in [-0.39, 0.29) is 18.1 Å². The summed E-state index contributed by atoms with van der Waals surface area (Å²) in [6.07, 6.45) is 2.48. The van der Waals surface area contributed by atoms with Gasteiger partial charge in [-0.25, -0.2) is 9.37 Å². The third-order valence-electron chi connectivity index (χ3n) is 3.92.